The van der Waals surface area contributed by atoms with Crippen molar-refractivity contribution in [3.05, 3.63) is 59.7 Å². The van der Waals surface area contributed by atoms with Gasteiger partial charge in [0.05, 0.1) is 25.7 Å². The molecule has 0 fully saturated rings. The van der Waals surface area contributed by atoms with Gasteiger partial charge in [0.25, 0.3) is 0 Å². The number of thioether (sulfide) groups is 2. The molecule has 0 saturated heterocycles. The first-order valence-electron chi connectivity index (χ1n) is 51.3. The van der Waals surface area contributed by atoms with Crippen molar-refractivity contribution in [3.8, 4) is 11.5 Å². The van der Waals surface area contributed by atoms with Crippen molar-refractivity contribution in [2.45, 2.75) is 343 Å². The van der Waals surface area contributed by atoms with Gasteiger partial charge in [-0.15, -0.1) is 0 Å². The van der Waals surface area contributed by atoms with E-state index >= 15 is 0 Å². The monoisotopic (exact) mass is 2140 g/mol. The highest BCUT2D eigenvalue weighted by atomic mass is 32.2. The van der Waals surface area contributed by atoms with Gasteiger partial charge < -0.3 is 156 Å². The molecule has 840 valence electrons. The van der Waals surface area contributed by atoms with Crippen LogP contribution >= 0.6 is 23.5 Å². The van der Waals surface area contributed by atoms with Crippen LogP contribution in [0.4, 0.5) is 0 Å². The SMILES string of the molecule is CCCCCCCCCCCCCCCC(=O)N[C@@H](CCSC)C(=O)NCC(=O)N[C@@H](Cc1ccc(O)cc1)C(=O)N[C@@H](CCC(N)=O)C(=O)N[C@@H](CCCCN)C(=O)N[C@@H](CCCCN)C(=O)N[C@@H](CC(C)C)C(=O)N[C@@H](CCCNC(=N)N)C(=O)N[C@@H](CO)C(=O)N[C@@H](CCSC)C(=O)N[C@H](C(=O)N[C@@H](CC(=O)O)C(=O)N[C@@H](CCCCN)C(=O)N[C@@H](Cc1ccc(O)cc1)C(=O)N[C@@H](CCCNC(=N)N)C(N)=O)[C@@H](C)O. The molecular formula is C98H168N26O23S2. The number of carboxylic acid groups (broad SMARTS) is 1. The highest BCUT2D eigenvalue weighted by molar-refractivity contribution is 7.98. The molecule has 0 aromatic heterocycles. The number of unbranched alkanes of at least 4 members (excludes halogenated alkanes) is 15. The van der Waals surface area contributed by atoms with Gasteiger partial charge in [-0.1, -0.05) is 122 Å². The number of benzene rings is 2. The molecule has 0 saturated carbocycles. The molecule has 0 radical (unpaired) electrons. The number of nitrogens with two attached hydrogens (primary N) is 7. The Morgan fingerprint density at radius 1 is 0.342 bits per heavy atom. The normalized spacial score (nSPS) is 14.1. The molecule has 0 aliphatic heterocycles. The van der Waals surface area contributed by atoms with Crippen LogP contribution in [0.3, 0.4) is 0 Å². The van der Waals surface area contributed by atoms with Crippen molar-refractivity contribution in [1.29, 1.82) is 10.8 Å². The Balaban J connectivity index is 2.53. The van der Waals surface area contributed by atoms with Crippen molar-refractivity contribution in [3.63, 3.8) is 0 Å². The minimum atomic E-state index is -2.08. The number of rotatable bonds is 83. The van der Waals surface area contributed by atoms with E-state index in [2.05, 4.69) is 97.3 Å². The zero-order chi connectivity index (χ0) is 111. The van der Waals surface area contributed by atoms with Crippen molar-refractivity contribution in [1.82, 2.24) is 90.4 Å². The van der Waals surface area contributed by atoms with Crippen LogP contribution in [0.2, 0.25) is 0 Å². The van der Waals surface area contributed by atoms with E-state index in [1.54, 1.807) is 20.1 Å². The van der Waals surface area contributed by atoms with Crippen LogP contribution in [-0.4, -0.2) is 304 Å². The first-order chi connectivity index (χ1) is 70.9. The summed E-state index contributed by atoms with van der Waals surface area (Å²) in [6, 6.07) is -11.5. The molecule has 0 unspecified atom stereocenters. The maximum absolute atomic E-state index is 14.9. The van der Waals surface area contributed by atoms with Crippen LogP contribution in [0.15, 0.2) is 48.5 Å². The molecule has 0 spiro atoms. The molecule has 2 aromatic carbocycles. The second-order valence-electron chi connectivity index (χ2n) is 37.3. The predicted molar refractivity (Wildman–Crippen MR) is 565 cm³/mol. The number of phenolic OH excluding ortho intramolecular Hbond substituents is 2. The van der Waals surface area contributed by atoms with Crippen LogP contribution in [0, 0.1) is 16.7 Å². The van der Waals surface area contributed by atoms with Gasteiger partial charge in [-0.2, -0.15) is 23.5 Å². The average Bonchev–Trinajstić information content (AvgIpc) is 0.846. The lowest BCUT2D eigenvalue weighted by Gasteiger charge is -2.29. The fraction of sp³-hybridized carbons (Fsp3) is 0.673. The van der Waals surface area contributed by atoms with E-state index in [4.69, 9.17) is 51.0 Å². The van der Waals surface area contributed by atoms with Crippen molar-refractivity contribution in [2.24, 2.45) is 46.1 Å². The van der Waals surface area contributed by atoms with Crippen molar-refractivity contribution >= 4 is 142 Å². The topological polar surface area (TPSA) is 843 Å². The molecule has 15 atom stereocenters. The van der Waals surface area contributed by atoms with Gasteiger partial charge in [0.15, 0.2) is 11.9 Å². The van der Waals surface area contributed by atoms with Gasteiger partial charge in [-0.25, -0.2) is 0 Å². The van der Waals surface area contributed by atoms with Crippen LogP contribution in [0.5, 0.6) is 11.5 Å². The van der Waals surface area contributed by atoms with E-state index in [1.165, 1.54) is 123 Å². The summed E-state index contributed by atoms with van der Waals surface area (Å²) >= 11 is 2.63. The van der Waals surface area contributed by atoms with E-state index in [0.29, 0.717) is 36.1 Å². The van der Waals surface area contributed by atoms with Crippen molar-refractivity contribution < 1.29 is 112 Å². The van der Waals surface area contributed by atoms with Crippen LogP contribution < -0.4 is 131 Å². The average molecular weight is 2140 g/mol. The molecule has 51 heteroatoms. The molecule has 0 aliphatic carbocycles. The summed E-state index contributed by atoms with van der Waals surface area (Å²) in [4.78, 5) is 253. The summed E-state index contributed by atoms with van der Waals surface area (Å²) < 4.78 is 0. The third-order valence-corrected chi connectivity index (χ3v) is 25.3. The molecule has 17 amide bonds. The molecule has 0 bridgehead atoms. The van der Waals surface area contributed by atoms with Gasteiger partial charge >= 0.3 is 5.97 Å². The van der Waals surface area contributed by atoms with Crippen LogP contribution in [0.25, 0.3) is 0 Å². The quantitative estimate of drug-likeness (QED) is 0.0182. The molecule has 2 aromatic rings. The summed E-state index contributed by atoms with van der Waals surface area (Å²) in [6.07, 6.45) is 14.4. The summed E-state index contributed by atoms with van der Waals surface area (Å²) in [6.45, 7) is 5.22. The van der Waals surface area contributed by atoms with E-state index < -0.39 is 235 Å². The number of aliphatic hydroxyl groups is 2. The zero-order valence-electron chi connectivity index (χ0n) is 86.9. The number of carboxylic acids is 1. The Hall–Kier alpha value is -12.5. The lowest BCUT2D eigenvalue weighted by molar-refractivity contribution is -0.142. The standard InChI is InChI=1S/C98H168N26O23S2/c1-7-8-9-10-11-12-13-14-15-16-17-18-19-33-79(130)111-71(44-51-148-5)84(135)110-57-80(131)112-74(54-61-34-38-63(127)39-35-61)92(143)118-70(42-43-78(102)129)89(140)115-66(28-20-23-46-99)85(136)114-67(29-21-24-47-100)86(137)120-73(53-59(2)3)91(142)117-69(32-27-50-109-98(106)107)88(139)123-77(58-125)95(146)119-72(45-52-149-6)90(141)124-82(60(4)126)96(147)122-76(56-81(132)133)94(145)116-68(30-22-25-48-101)87(138)121-75(55-62-36-40-64(128)41-37-62)93(144)113-65(83(103)134)31-26-49-108-97(104)105/h34-41,59-60,65-77,82,125-128H,7-33,42-58,99-101H2,1-6H3,(H2,102,129)(H2,103,134)(H,110,135)(H,111,130)(H,112,131)(H,113,144)(H,114,136)(H,115,140)(H,116,145)(H,117,142)(H,118,143)(H,119,146)(H,120,137)(H,121,138)(H,122,147)(H,123,139)(H,124,141)(H,132,133)(H4,104,105,108)(H4,106,107,109)/t60-,65+,66+,67+,68+,69+,70+,71+,72+,73+,74+,75+,76+,77+,82+/m1/s1. The van der Waals surface area contributed by atoms with Crippen LogP contribution in [-0.2, 0) is 99.1 Å². The Morgan fingerprint density at radius 2 is 0.664 bits per heavy atom. The number of primary amides is 2. The Bertz CT molecular complexity index is 4500. The van der Waals surface area contributed by atoms with Gasteiger partial charge in [0.1, 0.15) is 96.1 Å². The first kappa shape index (κ1) is 133. The molecular weight excluding hydrogens is 1970 g/mol. The number of amides is 17. The van der Waals surface area contributed by atoms with E-state index in [1.807, 2.05) is 6.26 Å². The minimum absolute atomic E-state index is 0.0280. The number of carbonyl (C=O) groups excluding carboxylic acids is 17. The number of aliphatic carboxylic acids is 1. The molecule has 0 aliphatic rings. The maximum atomic E-state index is 14.9. The lowest BCUT2D eigenvalue weighted by atomic mass is 10.0. The lowest BCUT2D eigenvalue weighted by Crippen LogP contribution is -2.62. The highest BCUT2D eigenvalue weighted by Crippen LogP contribution is 2.20. The number of hydrogen-bond donors (Lipinski definition) is 31. The zero-order valence-corrected chi connectivity index (χ0v) is 88.5. The minimum Gasteiger partial charge on any atom is -0.508 e. The fourth-order valence-electron chi connectivity index (χ4n) is 15.6. The van der Waals surface area contributed by atoms with Gasteiger partial charge in [-0.3, -0.25) is 97.1 Å². The number of aliphatic hydroxyl groups excluding tert-OH is 2. The number of nitrogens with one attached hydrogen (secondary N) is 19. The number of aromatic hydroxyl groups is 2. The molecule has 38 N–H and O–H groups in total. The smallest absolute Gasteiger partial charge is 0.305 e. The van der Waals surface area contributed by atoms with E-state index in [0.717, 1.165) is 32.6 Å². The number of hydrogen-bond acceptors (Lipinski definition) is 29. The van der Waals surface area contributed by atoms with E-state index in [-0.39, 0.29) is 171 Å². The second-order valence-corrected chi connectivity index (χ2v) is 39.3. The van der Waals surface area contributed by atoms with Crippen LogP contribution in [0.1, 0.15) is 251 Å². The Labute approximate surface area is 880 Å². The predicted octanol–water partition coefficient (Wildman–Crippen LogP) is -2.67. The molecule has 49 nitrogen and oxygen atoms in total. The second kappa shape index (κ2) is 77.0. The largest absolute Gasteiger partial charge is 0.508 e. The first-order valence-corrected chi connectivity index (χ1v) is 54.1. The van der Waals surface area contributed by atoms with Gasteiger partial charge in [0.2, 0.25) is 100 Å². The number of phenols is 2. The van der Waals surface area contributed by atoms with Gasteiger partial charge in [-0.05, 0) is 207 Å². The van der Waals surface area contributed by atoms with Crippen molar-refractivity contribution in [2.75, 3.05) is 69.9 Å². The summed E-state index contributed by atoms with van der Waals surface area (Å²) in [5.74, 6) is -19.3. The number of carbonyl (C=O) groups is 18. The fourth-order valence-corrected chi connectivity index (χ4v) is 16.6. The Kier molecular flexibility index (Phi) is 68.5. The summed E-state index contributed by atoms with van der Waals surface area (Å²) in [7, 11) is 0. The third kappa shape index (κ3) is 58.3. The number of guanidine groups is 2. The van der Waals surface area contributed by atoms with E-state index in [9.17, 15) is 112 Å². The Morgan fingerprint density at radius 3 is 1.05 bits per heavy atom. The van der Waals surface area contributed by atoms with Gasteiger partial charge in [0, 0.05) is 38.8 Å². The molecule has 149 heavy (non-hydrogen) atoms. The molecule has 0 heterocycles. The maximum Gasteiger partial charge on any atom is 0.305 e. The third-order valence-electron chi connectivity index (χ3n) is 24.0. The summed E-state index contributed by atoms with van der Waals surface area (Å²) in [5.41, 5.74) is 40.6. The highest BCUT2D eigenvalue weighted by Gasteiger charge is 2.40. The summed E-state index contributed by atoms with van der Waals surface area (Å²) in [5, 5.41) is 110. The molecule has 2 rings (SSSR count).